The summed E-state index contributed by atoms with van der Waals surface area (Å²) in [5.41, 5.74) is 1.02. The Labute approximate surface area is 123 Å². The number of ether oxygens (including phenoxy) is 1. The van der Waals surface area contributed by atoms with Gasteiger partial charge in [0.25, 0.3) is 5.56 Å². The van der Waals surface area contributed by atoms with Crippen LogP contribution in [0, 0.1) is 6.92 Å². The molecule has 1 atom stereocenters. The normalized spacial score (nSPS) is 24.3. The van der Waals surface area contributed by atoms with Gasteiger partial charge in [0.05, 0.1) is 24.7 Å². The largest absolute Gasteiger partial charge is 0.373 e. The van der Waals surface area contributed by atoms with Gasteiger partial charge in [0.2, 0.25) is 5.91 Å². The van der Waals surface area contributed by atoms with Gasteiger partial charge in [-0.05, 0) is 26.2 Å². The third kappa shape index (κ3) is 3.05. The lowest BCUT2D eigenvalue weighted by Crippen LogP contribution is -2.38. The fourth-order valence-corrected chi connectivity index (χ4v) is 3.61. The molecule has 2 aliphatic rings. The molecule has 3 rings (SSSR count). The number of aryl methyl sites for hydroxylation is 1. The van der Waals surface area contributed by atoms with E-state index < -0.39 is 0 Å². The second-order valence-electron chi connectivity index (χ2n) is 6.38. The van der Waals surface area contributed by atoms with E-state index in [2.05, 4.69) is 15.5 Å². The molecule has 1 amide bonds. The van der Waals surface area contributed by atoms with Crippen LogP contribution in [0.5, 0.6) is 0 Å². The minimum atomic E-state index is -0.214. The van der Waals surface area contributed by atoms with Gasteiger partial charge < -0.3 is 15.2 Å². The molecule has 1 aromatic heterocycles. The van der Waals surface area contributed by atoms with E-state index in [1.54, 1.807) is 6.92 Å². The van der Waals surface area contributed by atoms with Crippen LogP contribution in [0.15, 0.2) is 4.79 Å². The van der Waals surface area contributed by atoms with Crippen LogP contribution in [0.3, 0.4) is 0 Å². The minimum absolute atomic E-state index is 0.00231. The molecular formula is C15H23N3O3. The molecule has 6 heteroatoms. The van der Waals surface area contributed by atoms with E-state index in [4.69, 9.17) is 4.74 Å². The molecule has 1 aromatic rings. The lowest BCUT2D eigenvalue weighted by atomic mass is 9.82. The van der Waals surface area contributed by atoms with Gasteiger partial charge in [-0.1, -0.05) is 19.3 Å². The number of rotatable bonds is 3. The zero-order valence-electron chi connectivity index (χ0n) is 12.5. The van der Waals surface area contributed by atoms with Crippen LogP contribution in [0.4, 0.5) is 0 Å². The maximum atomic E-state index is 12.1. The summed E-state index contributed by atoms with van der Waals surface area (Å²) in [7, 11) is 0. The summed E-state index contributed by atoms with van der Waals surface area (Å²) in [4.78, 5) is 23.7. The van der Waals surface area contributed by atoms with Crippen LogP contribution in [-0.2, 0) is 16.0 Å². The third-order valence-electron chi connectivity index (χ3n) is 4.77. The number of hydrogen-bond acceptors (Lipinski definition) is 3. The van der Waals surface area contributed by atoms with Gasteiger partial charge in [-0.15, -0.1) is 0 Å². The number of carbonyl (C=O) groups excluding carboxylic acids is 1. The second-order valence-corrected chi connectivity index (χ2v) is 6.38. The van der Waals surface area contributed by atoms with Crippen molar-refractivity contribution in [1.29, 1.82) is 0 Å². The van der Waals surface area contributed by atoms with Crippen molar-refractivity contribution in [2.45, 2.75) is 63.5 Å². The summed E-state index contributed by atoms with van der Waals surface area (Å²) in [6.45, 7) is 2.38. The van der Waals surface area contributed by atoms with E-state index in [1.807, 2.05) is 0 Å². The summed E-state index contributed by atoms with van der Waals surface area (Å²) in [5.74, 6) is -0.107. The molecular weight excluding hydrogens is 270 g/mol. The van der Waals surface area contributed by atoms with Gasteiger partial charge >= 0.3 is 0 Å². The maximum Gasteiger partial charge on any atom is 0.267 e. The van der Waals surface area contributed by atoms with Crippen molar-refractivity contribution in [3.8, 4) is 0 Å². The van der Waals surface area contributed by atoms with E-state index in [9.17, 15) is 9.59 Å². The molecule has 1 spiro atoms. The Morgan fingerprint density at radius 2 is 2.10 bits per heavy atom. The van der Waals surface area contributed by atoms with Crippen molar-refractivity contribution < 1.29 is 9.53 Å². The van der Waals surface area contributed by atoms with Crippen molar-refractivity contribution in [3.05, 3.63) is 21.6 Å². The Morgan fingerprint density at radius 1 is 1.33 bits per heavy atom. The van der Waals surface area contributed by atoms with E-state index in [-0.39, 0.29) is 29.5 Å². The molecule has 2 fully saturated rings. The smallest absolute Gasteiger partial charge is 0.267 e. The van der Waals surface area contributed by atoms with Crippen LogP contribution >= 0.6 is 0 Å². The average Bonchev–Trinajstić information content (AvgIpc) is 2.98. The number of nitrogens with one attached hydrogen (secondary N) is 3. The van der Waals surface area contributed by atoms with Crippen LogP contribution in [-0.4, -0.2) is 34.4 Å². The average molecular weight is 293 g/mol. The minimum Gasteiger partial charge on any atom is -0.373 e. The first kappa shape index (κ1) is 14.4. The second kappa shape index (κ2) is 5.67. The third-order valence-corrected chi connectivity index (χ3v) is 4.77. The zero-order valence-corrected chi connectivity index (χ0v) is 12.5. The Balaban J connectivity index is 1.55. The fraction of sp³-hybridized carbons (Fsp3) is 0.733. The Morgan fingerprint density at radius 3 is 2.76 bits per heavy atom. The summed E-state index contributed by atoms with van der Waals surface area (Å²) in [6.07, 6.45) is 6.97. The number of aromatic amines is 2. The number of amides is 1. The molecule has 116 valence electrons. The van der Waals surface area contributed by atoms with E-state index in [1.165, 1.54) is 19.3 Å². The lowest BCUT2D eigenvalue weighted by Gasteiger charge is -2.32. The molecule has 0 aromatic carbocycles. The maximum absolute atomic E-state index is 12.1. The molecule has 0 radical (unpaired) electrons. The van der Waals surface area contributed by atoms with Crippen LogP contribution < -0.4 is 10.9 Å². The lowest BCUT2D eigenvalue weighted by molar-refractivity contribution is -0.121. The predicted molar refractivity (Wildman–Crippen MR) is 78.2 cm³/mol. The van der Waals surface area contributed by atoms with Crippen molar-refractivity contribution in [3.63, 3.8) is 0 Å². The molecule has 2 heterocycles. The number of aromatic nitrogens is 2. The molecule has 6 nitrogen and oxygen atoms in total. The quantitative estimate of drug-likeness (QED) is 0.781. The van der Waals surface area contributed by atoms with Crippen LogP contribution in [0.2, 0.25) is 0 Å². The van der Waals surface area contributed by atoms with E-state index in [0.717, 1.165) is 25.0 Å². The summed E-state index contributed by atoms with van der Waals surface area (Å²) in [5, 5.41) is 8.25. The molecule has 1 saturated carbocycles. The SMILES string of the molecule is Cc1[nH][nH]c(=O)c1CC(=O)NC1COC2(CCCCC2)C1. The molecule has 1 saturated heterocycles. The van der Waals surface area contributed by atoms with Gasteiger partial charge in [-0.3, -0.25) is 14.7 Å². The predicted octanol–water partition coefficient (Wildman–Crippen LogP) is 1.16. The first-order valence-corrected chi connectivity index (χ1v) is 7.77. The number of carbonyl (C=O) groups is 1. The van der Waals surface area contributed by atoms with Gasteiger partial charge in [0, 0.05) is 11.3 Å². The molecule has 3 N–H and O–H groups in total. The monoisotopic (exact) mass is 293 g/mol. The number of hydrogen-bond donors (Lipinski definition) is 3. The highest BCUT2D eigenvalue weighted by molar-refractivity contribution is 5.79. The van der Waals surface area contributed by atoms with Crippen LogP contribution in [0.1, 0.15) is 49.8 Å². The Hall–Kier alpha value is -1.56. The topological polar surface area (TPSA) is 87.0 Å². The molecule has 21 heavy (non-hydrogen) atoms. The molecule has 1 aliphatic carbocycles. The van der Waals surface area contributed by atoms with Crippen molar-refractivity contribution in [2.24, 2.45) is 0 Å². The summed E-state index contributed by atoms with van der Waals surface area (Å²) < 4.78 is 5.99. The van der Waals surface area contributed by atoms with Gasteiger partial charge in [0.1, 0.15) is 0 Å². The summed E-state index contributed by atoms with van der Waals surface area (Å²) in [6, 6.07) is 0.0777. The summed E-state index contributed by atoms with van der Waals surface area (Å²) >= 11 is 0. The first-order chi connectivity index (χ1) is 10.1. The van der Waals surface area contributed by atoms with E-state index >= 15 is 0 Å². The highest BCUT2D eigenvalue weighted by Crippen LogP contribution is 2.39. The Kier molecular flexibility index (Phi) is 3.89. The highest BCUT2D eigenvalue weighted by Gasteiger charge is 2.41. The van der Waals surface area contributed by atoms with E-state index in [0.29, 0.717) is 12.2 Å². The van der Waals surface area contributed by atoms with Crippen molar-refractivity contribution >= 4 is 5.91 Å². The van der Waals surface area contributed by atoms with Gasteiger partial charge in [-0.2, -0.15) is 0 Å². The molecule has 0 bridgehead atoms. The van der Waals surface area contributed by atoms with Crippen LogP contribution in [0.25, 0.3) is 0 Å². The van der Waals surface area contributed by atoms with Gasteiger partial charge in [0.15, 0.2) is 0 Å². The fourth-order valence-electron chi connectivity index (χ4n) is 3.61. The van der Waals surface area contributed by atoms with Gasteiger partial charge in [-0.25, -0.2) is 0 Å². The first-order valence-electron chi connectivity index (χ1n) is 7.77. The number of H-pyrrole nitrogens is 2. The standard InChI is InChI=1S/C15H23N3O3/c1-10-12(14(20)18-17-10)7-13(19)16-11-8-15(21-9-11)5-3-2-4-6-15/h11H,2-9H2,1H3,(H,16,19)(H2,17,18,20). The van der Waals surface area contributed by atoms with Crippen molar-refractivity contribution in [2.75, 3.05) is 6.61 Å². The highest BCUT2D eigenvalue weighted by atomic mass is 16.5. The van der Waals surface area contributed by atoms with Crippen molar-refractivity contribution in [1.82, 2.24) is 15.5 Å². The molecule has 1 unspecified atom stereocenters. The zero-order chi connectivity index (χ0) is 14.9. The molecule has 1 aliphatic heterocycles. The Bertz CT molecular complexity index is 569.